The maximum atomic E-state index is 14.2. The van der Waals surface area contributed by atoms with Crippen LogP contribution in [0.2, 0.25) is 0 Å². The maximum absolute atomic E-state index is 14.2. The molecule has 2 heterocycles. The van der Waals surface area contributed by atoms with Gasteiger partial charge in [-0.25, -0.2) is 0 Å². The van der Waals surface area contributed by atoms with Gasteiger partial charge in [-0.1, -0.05) is 35.9 Å². The molecule has 1 spiro atoms. The van der Waals surface area contributed by atoms with Crippen LogP contribution in [0.1, 0.15) is 27.0 Å². The van der Waals surface area contributed by atoms with E-state index in [-0.39, 0.29) is 11.8 Å². The fourth-order valence-corrected chi connectivity index (χ4v) is 6.20. The standard InChI is InChI=1S/C27H26N2O4S/c1-18-10-11-24-23(14-18)27(26(31)28(24)17-19-6-4-8-21(15-19)32-2)29(12-13-34-27)25(30)20-7-5-9-22(16-20)33-3/h4-11,14-16H,12-13,17H2,1-3H3/t27-/m1/s1. The Morgan fingerprint density at radius 1 is 1.00 bits per heavy atom. The number of thioether (sulfide) groups is 1. The second-order valence-corrected chi connectivity index (χ2v) is 9.73. The fourth-order valence-electron chi connectivity index (χ4n) is 4.75. The zero-order chi connectivity index (χ0) is 23.9. The van der Waals surface area contributed by atoms with Crippen LogP contribution in [-0.4, -0.2) is 43.2 Å². The van der Waals surface area contributed by atoms with Crippen molar-refractivity contribution in [2.45, 2.75) is 18.3 Å². The van der Waals surface area contributed by atoms with Gasteiger partial charge in [0.1, 0.15) is 11.5 Å². The van der Waals surface area contributed by atoms with Crippen LogP contribution in [0.15, 0.2) is 66.7 Å². The van der Waals surface area contributed by atoms with E-state index in [9.17, 15) is 9.59 Å². The molecule has 3 aromatic rings. The van der Waals surface area contributed by atoms with Gasteiger partial charge in [0.2, 0.25) is 0 Å². The monoisotopic (exact) mass is 474 g/mol. The van der Waals surface area contributed by atoms with Crippen LogP contribution in [0.25, 0.3) is 0 Å². The first kappa shape index (κ1) is 22.3. The van der Waals surface area contributed by atoms with Gasteiger partial charge in [0.15, 0.2) is 4.87 Å². The lowest BCUT2D eigenvalue weighted by molar-refractivity contribution is -0.123. The molecule has 2 amide bonds. The van der Waals surface area contributed by atoms with Gasteiger partial charge < -0.3 is 19.3 Å². The Hall–Kier alpha value is -3.45. The smallest absolute Gasteiger partial charge is 0.268 e. The molecule has 2 aliphatic heterocycles. The molecular formula is C27H26N2O4S. The number of rotatable bonds is 5. The summed E-state index contributed by atoms with van der Waals surface area (Å²) in [6, 6.07) is 20.9. The topological polar surface area (TPSA) is 59.1 Å². The van der Waals surface area contributed by atoms with Crippen molar-refractivity contribution in [3.63, 3.8) is 0 Å². The summed E-state index contributed by atoms with van der Waals surface area (Å²) in [6.07, 6.45) is 0. The summed E-state index contributed by atoms with van der Waals surface area (Å²) in [4.78, 5) is 30.4. The summed E-state index contributed by atoms with van der Waals surface area (Å²) in [5.74, 6) is 1.78. The van der Waals surface area contributed by atoms with Crippen molar-refractivity contribution >= 4 is 29.3 Å². The second kappa shape index (κ2) is 8.72. The Morgan fingerprint density at radius 3 is 2.50 bits per heavy atom. The van der Waals surface area contributed by atoms with Crippen LogP contribution in [0.4, 0.5) is 5.69 Å². The molecule has 1 atom stereocenters. The van der Waals surface area contributed by atoms with Crippen LogP contribution < -0.4 is 14.4 Å². The summed E-state index contributed by atoms with van der Waals surface area (Å²) in [6.45, 7) is 2.90. The van der Waals surface area contributed by atoms with E-state index in [1.165, 1.54) is 11.8 Å². The van der Waals surface area contributed by atoms with Gasteiger partial charge in [0.05, 0.1) is 26.5 Å². The van der Waals surface area contributed by atoms with Crippen LogP contribution in [0.3, 0.4) is 0 Å². The predicted octanol–water partition coefficient (Wildman–Crippen LogP) is 4.60. The average molecular weight is 475 g/mol. The highest BCUT2D eigenvalue weighted by Gasteiger charge is 2.59. The molecule has 2 aliphatic rings. The molecule has 0 unspecified atom stereocenters. The summed E-state index contributed by atoms with van der Waals surface area (Å²) in [5, 5.41) is 0. The third-order valence-electron chi connectivity index (χ3n) is 6.39. The number of nitrogens with zero attached hydrogens (tertiary/aromatic N) is 2. The number of hydrogen-bond donors (Lipinski definition) is 0. The molecule has 0 N–H and O–H groups in total. The quantitative estimate of drug-likeness (QED) is 0.541. The van der Waals surface area contributed by atoms with Crippen molar-refractivity contribution in [1.29, 1.82) is 0 Å². The highest BCUT2D eigenvalue weighted by atomic mass is 32.2. The molecule has 1 fully saturated rings. The van der Waals surface area contributed by atoms with Gasteiger partial charge in [-0.3, -0.25) is 9.59 Å². The SMILES string of the molecule is COc1cccc(CN2C(=O)[C@]3(SCCN3C(=O)c3cccc(OC)c3)c3cc(C)ccc32)c1. The van der Waals surface area contributed by atoms with E-state index in [1.54, 1.807) is 48.3 Å². The molecule has 0 radical (unpaired) electrons. The first-order valence-electron chi connectivity index (χ1n) is 11.1. The third-order valence-corrected chi connectivity index (χ3v) is 7.80. The Balaban J connectivity index is 1.58. The number of anilines is 1. The lowest BCUT2D eigenvalue weighted by Gasteiger charge is -2.33. The minimum atomic E-state index is -1.08. The minimum absolute atomic E-state index is 0.0883. The van der Waals surface area contributed by atoms with Gasteiger partial charge in [-0.15, -0.1) is 11.8 Å². The molecule has 3 aromatic carbocycles. The van der Waals surface area contributed by atoms with Crippen molar-refractivity contribution in [2.75, 3.05) is 31.4 Å². The summed E-state index contributed by atoms with van der Waals surface area (Å²) >= 11 is 1.53. The van der Waals surface area contributed by atoms with Crippen LogP contribution in [0, 0.1) is 6.92 Å². The molecule has 7 heteroatoms. The normalized spacial score (nSPS) is 19.0. The van der Waals surface area contributed by atoms with Crippen molar-refractivity contribution in [3.8, 4) is 11.5 Å². The van der Waals surface area contributed by atoms with Gasteiger partial charge in [-0.05, 0) is 48.9 Å². The minimum Gasteiger partial charge on any atom is -0.497 e. The molecule has 0 bridgehead atoms. The van der Waals surface area contributed by atoms with E-state index >= 15 is 0 Å². The van der Waals surface area contributed by atoms with Gasteiger partial charge in [-0.2, -0.15) is 0 Å². The van der Waals surface area contributed by atoms with Crippen LogP contribution in [0.5, 0.6) is 11.5 Å². The highest BCUT2D eigenvalue weighted by molar-refractivity contribution is 8.01. The van der Waals surface area contributed by atoms with Gasteiger partial charge in [0.25, 0.3) is 11.8 Å². The average Bonchev–Trinajstić information content (AvgIpc) is 3.40. The number of carbonyl (C=O) groups excluding carboxylic acids is 2. The zero-order valence-corrected chi connectivity index (χ0v) is 20.2. The maximum Gasteiger partial charge on any atom is 0.268 e. The number of amides is 2. The van der Waals surface area contributed by atoms with Crippen molar-refractivity contribution in [3.05, 3.63) is 89.0 Å². The molecule has 0 aliphatic carbocycles. The van der Waals surface area contributed by atoms with E-state index in [4.69, 9.17) is 9.47 Å². The molecule has 174 valence electrons. The molecule has 6 nitrogen and oxygen atoms in total. The molecule has 0 aromatic heterocycles. The van der Waals surface area contributed by atoms with E-state index < -0.39 is 4.87 Å². The first-order valence-corrected chi connectivity index (χ1v) is 12.1. The Bertz CT molecular complexity index is 1280. The summed E-state index contributed by atoms with van der Waals surface area (Å²) < 4.78 is 10.7. The summed E-state index contributed by atoms with van der Waals surface area (Å²) in [5.41, 5.74) is 4.24. The first-order chi connectivity index (χ1) is 16.5. The highest BCUT2D eigenvalue weighted by Crippen LogP contribution is 2.55. The number of methoxy groups -OCH3 is 2. The van der Waals surface area contributed by atoms with Crippen molar-refractivity contribution in [1.82, 2.24) is 4.90 Å². The van der Waals surface area contributed by atoms with Crippen molar-refractivity contribution in [2.24, 2.45) is 0 Å². The number of aryl methyl sites for hydroxylation is 1. The Kier molecular flexibility index (Phi) is 5.73. The van der Waals surface area contributed by atoms with Crippen LogP contribution >= 0.6 is 11.8 Å². The van der Waals surface area contributed by atoms with E-state index in [0.717, 1.165) is 28.1 Å². The number of carbonyl (C=O) groups is 2. The second-order valence-electron chi connectivity index (χ2n) is 8.44. The largest absolute Gasteiger partial charge is 0.497 e. The van der Waals surface area contributed by atoms with E-state index in [2.05, 4.69) is 0 Å². The number of fused-ring (bicyclic) bond motifs is 2. The zero-order valence-electron chi connectivity index (χ0n) is 19.4. The number of hydrogen-bond acceptors (Lipinski definition) is 5. The molecule has 1 saturated heterocycles. The van der Waals surface area contributed by atoms with E-state index in [1.807, 2.05) is 49.4 Å². The number of ether oxygens (including phenoxy) is 2. The molecule has 34 heavy (non-hydrogen) atoms. The summed E-state index contributed by atoms with van der Waals surface area (Å²) in [7, 11) is 3.21. The van der Waals surface area contributed by atoms with Gasteiger partial charge >= 0.3 is 0 Å². The van der Waals surface area contributed by atoms with E-state index in [0.29, 0.717) is 30.2 Å². The predicted molar refractivity (Wildman–Crippen MR) is 134 cm³/mol. The Labute approximate surface area is 203 Å². The van der Waals surface area contributed by atoms with Gasteiger partial charge in [0, 0.05) is 23.4 Å². The Morgan fingerprint density at radius 2 is 1.74 bits per heavy atom. The lowest BCUT2D eigenvalue weighted by Crippen LogP contribution is -2.50. The fraction of sp³-hybridized carbons (Fsp3) is 0.259. The lowest BCUT2D eigenvalue weighted by atomic mass is 10.0. The third kappa shape index (κ3) is 3.51. The number of benzene rings is 3. The van der Waals surface area contributed by atoms with Crippen molar-refractivity contribution < 1.29 is 19.1 Å². The molecule has 5 rings (SSSR count). The molecular weight excluding hydrogens is 448 g/mol. The van der Waals surface area contributed by atoms with Crippen LogP contribution in [-0.2, 0) is 16.2 Å². The molecule has 0 saturated carbocycles.